The maximum absolute atomic E-state index is 14.0. The molecule has 10 heteroatoms. The van der Waals surface area contributed by atoms with Gasteiger partial charge in [-0.05, 0) is 48.5 Å². The highest BCUT2D eigenvalue weighted by molar-refractivity contribution is 7.09. The van der Waals surface area contributed by atoms with Gasteiger partial charge in [-0.15, -0.1) is 0 Å². The quantitative estimate of drug-likeness (QED) is 0.381. The maximum Gasteiger partial charge on any atom is 0.273 e. The van der Waals surface area contributed by atoms with Gasteiger partial charge in [-0.2, -0.15) is 4.37 Å². The number of ether oxygens (including phenoxy) is 1. The third-order valence-corrected chi connectivity index (χ3v) is 6.48. The van der Waals surface area contributed by atoms with E-state index in [-0.39, 0.29) is 22.2 Å². The highest BCUT2D eigenvalue weighted by Gasteiger charge is 2.36. The Hall–Kier alpha value is -3.92. The van der Waals surface area contributed by atoms with Gasteiger partial charge in [-0.25, -0.2) is 0 Å². The largest absolute Gasteiger partial charge is 0.497 e. The average molecular weight is 510 g/mol. The molecule has 36 heavy (non-hydrogen) atoms. The standard InChI is InChI=1S/C26H31N5O4S/c1-15(2)12-13-29-25(33)22(17-10-8-16(3)9-11-17)31(18-6-5-7-19(14-18)35-4)26(34)23-20(27)21(24(28)32)30-36-23/h5-11,14-15,22H,12-13,27H2,1-4H3,(H2,28,32)(H,29,33)/t22-/m1/s1. The van der Waals surface area contributed by atoms with E-state index in [1.54, 1.807) is 24.3 Å². The van der Waals surface area contributed by atoms with Crippen molar-refractivity contribution < 1.29 is 19.1 Å². The van der Waals surface area contributed by atoms with Crippen LogP contribution < -0.4 is 26.4 Å². The summed E-state index contributed by atoms with van der Waals surface area (Å²) in [6, 6.07) is 13.2. The SMILES string of the molecule is COc1cccc(N(C(=O)c2snc(C(N)=O)c2N)[C@@H](C(=O)NCCC(C)C)c2ccc(C)cc2)c1. The molecule has 1 atom stereocenters. The van der Waals surface area contributed by atoms with Crippen LogP contribution in [-0.4, -0.2) is 35.7 Å². The van der Waals surface area contributed by atoms with Crippen LogP contribution in [0.4, 0.5) is 11.4 Å². The first-order chi connectivity index (χ1) is 17.1. The average Bonchev–Trinajstić information content (AvgIpc) is 3.24. The van der Waals surface area contributed by atoms with E-state index in [2.05, 4.69) is 23.5 Å². The zero-order valence-corrected chi connectivity index (χ0v) is 21.6. The highest BCUT2D eigenvalue weighted by atomic mass is 32.1. The molecule has 3 rings (SSSR count). The molecule has 0 spiro atoms. The number of carbonyl (C=O) groups excluding carboxylic acids is 3. The molecule has 0 aliphatic carbocycles. The second-order valence-electron chi connectivity index (χ2n) is 8.80. The smallest absolute Gasteiger partial charge is 0.273 e. The summed E-state index contributed by atoms with van der Waals surface area (Å²) in [6.45, 7) is 6.53. The highest BCUT2D eigenvalue weighted by Crippen LogP contribution is 2.34. The van der Waals surface area contributed by atoms with Crippen molar-refractivity contribution in [2.75, 3.05) is 24.3 Å². The fourth-order valence-electron chi connectivity index (χ4n) is 3.63. The molecule has 5 N–H and O–H groups in total. The van der Waals surface area contributed by atoms with E-state index in [9.17, 15) is 14.4 Å². The Bertz CT molecular complexity index is 1240. The maximum atomic E-state index is 14.0. The lowest BCUT2D eigenvalue weighted by Gasteiger charge is -2.31. The molecular weight excluding hydrogens is 478 g/mol. The van der Waals surface area contributed by atoms with Crippen LogP contribution in [0.15, 0.2) is 48.5 Å². The molecule has 1 heterocycles. The van der Waals surface area contributed by atoms with E-state index in [0.29, 0.717) is 29.5 Å². The van der Waals surface area contributed by atoms with Gasteiger partial charge in [0, 0.05) is 18.3 Å². The fraction of sp³-hybridized carbons (Fsp3) is 0.308. The van der Waals surface area contributed by atoms with E-state index in [1.165, 1.54) is 12.0 Å². The summed E-state index contributed by atoms with van der Waals surface area (Å²) in [5.74, 6) is -0.881. The van der Waals surface area contributed by atoms with Gasteiger partial charge in [-0.3, -0.25) is 19.3 Å². The molecule has 2 aromatic carbocycles. The number of aryl methyl sites for hydroxylation is 1. The van der Waals surface area contributed by atoms with Crippen LogP contribution >= 0.6 is 11.5 Å². The van der Waals surface area contributed by atoms with E-state index < -0.39 is 17.9 Å². The first kappa shape index (κ1) is 26.7. The minimum atomic E-state index is -1.03. The normalized spacial score (nSPS) is 11.7. The van der Waals surface area contributed by atoms with E-state index in [1.807, 2.05) is 31.2 Å². The molecule has 0 bridgehead atoms. The number of hydrogen-bond acceptors (Lipinski definition) is 7. The fourth-order valence-corrected chi connectivity index (χ4v) is 4.37. The molecule has 0 aliphatic heterocycles. The number of nitrogens with two attached hydrogens (primary N) is 2. The molecule has 0 saturated carbocycles. The summed E-state index contributed by atoms with van der Waals surface area (Å²) in [4.78, 5) is 40.8. The molecule has 3 aromatic rings. The number of rotatable bonds is 10. The van der Waals surface area contributed by atoms with Gasteiger partial charge in [-0.1, -0.05) is 49.7 Å². The van der Waals surface area contributed by atoms with Crippen molar-refractivity contribution in [2.45, 2.75) is 33.2 Å². The Morgan fingerprint density at radius 3 is 2.42 bits per heavy atom. The van der Waals surface area contributed by atoms with Crippen molar-refractivity contribution >= 4 is 40.6 Å². The third-order valence-electron chi connectivity index (χ3n) is 5.63. The van der Waals surface area contributed by atoms with Gasteiger partial charge in [0.25, 0.3) is 11.8 Å². The van der Waals surface area contributed by atoms with Crippen molar-refractivity contribution in [2.24, 2.45) is 11.7 Å². The summed E-state index contributed by atoms with van der Waals surface area (Å²) in [7, 11) is 1.52. The van der Waals surface area contributed by atoms with Gasteiger partial charge < -0.3 is 21.5 Å². The van der Waals surface area contributed by atoms with Crippen LogP contribution in [0.3, 0.4) is 0 Å². The number of carbonyl (C=O) groups is 3. The molecule has 0 saturated heterocycles. The Balaban J connectivity index is 2.17. The van der Waals surface area contributed by atoms with Crippen LogP contribution in [0.5, 0.6) is 5.75 Å². The summed E-state index contributed by atoms with van der Waals surface area (Å²) in [5.41, 5.74) is 13.2. The van der Waals surface area contributed by atoms with Crippen LogP contribution in [0.1, 0.15) is 57.6 Å². The molecule has 190 valence electrons. The Labute approximate surface area is 214 Å². The number of nitrogens with zero attached hydrogens (tertiary/aromatic N) is 2. The van der Waals surface area contributed by atoms with Gasteiger partial charge in [0.2, 0.25) is 5.91 Å². The van der Waals surface area contributed by atoms with Crippen molar-refractivity contribution in [3.63, 3.8) is 0 Å². The van der Waals surface area contributed by atoms with Crippen molar-refractivity contribution in [3.8, 4) is 5.75 Å². The Morgan fingerprint density at radius 2 is 1.83 bits per heavy atom. The molecule has 3 amide bonds. The van der Waals surface area contributed by atoms with Crippen molar-refractivity contribution in [3.05, 3.63) is 70.2 Å². The Morgan fingerprint density at radius 1 is 1.14 bits per heavy atom. The lowest BCUT2D eigenvalue weighted by atomic mass is 10.0. The van der Waals surface area contributed by atoms with Crippen molar-refractivity contribution in [1.29, 1.82) is 0 Å². The molecule has 1 aromatic heterocycles. The molecule has 0 unspecified atom stereocenters. The Kier molecular flexibility index (Phi) is 8.65. The lowest BCUT2D eigenvalue weighted by Crippen LogP contribution is -2.44. The zero-order valence-electron chi connectivity index (χ0n) is 20.8. The molecule has 0 fully saturated rings. The first-order valence-corrected chi connectivity index (χ1v) is 12.3. The van der Waals surface area contributed by atoms with Gasteiger partial charge >= 0.3 is 0 Å². The number of methoxy groups -OCH3 is 1. The number of primary amides is 1. The van der Waals surface area contributed by atoms with Crippen molar-refractivity contribution in [1.82, 2.24) is 9.69 Å². The topological polar surface area (TPSA) is 141 Å². The second-order valence-corrected chi connectivity index (χ2v) is 9.58. The minimum Gasteiger partial charge on any atom is -0.497 e. The minimum absolute atomic E-state index is 0.0127. The number of hydrogen-bond donors (Lipinski definition) is 3. The predicted octanol–water partition coefficient (Wildman–Crippen LogP) is 3.69. The monoisotopic (exact) mass is 509 g/mol. The third kappa shape index (κ3) is 6.01. The van der Waals surface area contributed by atoms with E-state index in [4.69, 9.17) is 16.2 Å². The van der Waals surface area contributed by atoms with Gasteiger partial charge in [0.15, 0.2) is 5.69 Å². The van der Waals surface area contributed by atoms with Gasteiger partial charge in [0.1, 0.15) is 16.7 Å². The number of benzene rings is 2. The van der Waals surface area contributed by atoms with Crippen LogP contribution in [-0.2, 0) is 4.79 Å². The molecular formula is C26H31N5O4S. The van der Waals surface area contributed by atoms with Crippen LogP contribution in [0.2, 0.25) is 0 Å². The number of nitrogens with one attached hydrogen (secondary N) is 1. The number of anilines is 2. The van der Waals surface area contributed by atoms with Crippen LogP contribution in [0.25, 0.3) is 0 Å². The first-order valence-electron chi connectivity index (χ1n) is 11.5. The van der Waals surface area contributed by atoms with Crippen LogP contribution in [0, 0.1) is 12.8 Å². The molecule has 0 radical (unpaired) electrons. The van der Waals surface area contributed by atoms with E-state index in [0.717, 1.165) is 23.5 Å². The summed E-state index contributed by atoms with van der Waals surface area (Å²) in [6.07, 6.45) is 0.781. The second kappa shape index (κ2) is 11.7. The molecule has 0 aliphatic rings. The zero-order chi connectivity index (χ0) is 26.4. The summed E-state index contributed by atoms with van der Waals surface area (Å²) < 4.78 is 9.34. The molecule has 9 nitrogen and oxygen atoms in total. The summed E-state index contributed by atoms with van der Waals surface area (Å²) >= 11 is 0.764. The van der Waals surface area contributed by atoms with E-state index >= 15 is 0 Å². The summed E-state index contributed by atoms with van der Waals surface area (Å²) in [5, 5.41) is 2.97. The lowest BCUT2D eigenvalue weighted by molar-refractivity contribution is -0.122. The van der Waals surface area contributed by atoms with Gasteiger partial charge in [0.05, 0.1) is 12.8 Å². The number of aromatic nitrogens is 1. The number of amides is 3. The number of nitrogen functional groups attached to an aromatic ring is 1. The predicted molar refractivity (Wildman–Crippen MR) is 141 cm³/mol.